The van der Waals surface area contributed by atoms with Crippen LogP contribution < -0.4 is 5.32 Å². The highest BCUT2D eigenvalue weighted by Gasteiger charge is 2.13. The molecule has 1 atom stereocenters. The molecular formula is C14H15Cl2N3OS. The zero-order chi connectivity index (χ0) is 15.4. The van der Waals surface area contributed by atoms with Crippen molar-refractivity contribution in [3.05, 3.63) is 46.2 Å². The van der Waals surface area contributed by atoms with Crippen LogP contribution >= 0.6 is 35.0 Å². The molecule has 0 radical (unpaired) electrons. The number of rotatable bonds is 5. The van der Waals surface area contributed by atoms with Gasteiger partial charge in [0.05, 0.1) is 11.8 Å². The van der Waals surface area contributed by atoms with Crippen LogP contribution in [0.2, 0.25) is 10.0 Å². The van der Waals surface area contributed by atoms with Gasteiger partial charge < -0.3 is 9.88 Å². The highest BCUT2D eigenvalue weighted by molar-refractivity contribution is 7.99. The number of amides is 1. The van der Waals surface area contributed by atoms with E-state index in [4.69, 9.17) is 23.2 Å². The van der Waals surface area contributed by atoms with E-state index < -0.39 is 0 Å². The molecule has 0 saturated carbocycles. The van der Waals surface area contributed by atoms with E-state index in [1.165, 1.54) is 11.8 Å². The number of imidazole rings is 1. The summed E-state index contributed by atoms with van der Waals surface area (Å²) in [6.07, 6.45) is 3.55. The molecule has 2 aromatic rings. The molecule has 1 N–H and O–H groups in total. The molecule has 1 aromatic carbocycles. The van der Waals surface area contributed by atoms with Crippen LogP contribution in [0, 0.1) is 0 Å². The molecule has 4 nitrogen and oxygen atoms in total. The van der Waals surface area contributed by atoms with Crippen LogP contribution in [0.4, 0.5) is 0 Å². The predicted octanol–water partition coefficient (Wildman–Crippen LogP) is 3.70. The molecule has 0 bridgehead atoms. The number of nitrogens with zero attached hydrogens (tertiary/aromatic N) is 2. The SMILES string of the molecule is C[C@H](NC(=O)CSc1nccn1C)c1ccc(Cl)cc1Cl. The Morgan fingerprint density at radius 2 is 2.24 bits per heavy atom. The molecule has 1 heterocycles. The summed E-state index contributed by atoms with van der Waals surface area (Å²) >= 11 is 13.4. The Hall–Kier alpha value is -1.17. The van der Waals surface area contributed by atoms with E-state index in [-0.39, 0.29) is 11.9 Å². The van der Waals surface area contributed by atoms with Crippen molar-refractivity contribution >= 4 is 40.9 Å². The van der Waals surface area contributed by atoms with E-state index in [9.17, 15) is 4.79 Å². The van der Waals surface area contributed by atoms with Gasteiger partial charge >= 0.3 is 0 Å². The number of benzene rings is 1. The minimum atomic E-state index is -0.177. The molecule has 2 rings (SSSR count). The van der Waals surface area contributed by atoms with E-state index in [1.54, 1.807) is 18.3 Å². The van der Waals surface area contributed by atoms with Crippen molar-refractivity contribution in [2.75, 3.05) is 5.75 Å². The summed E-state index contributed by atoms with van der Waals surface area (Å²) in [4.78, 5) is 16.1. The van der Waals surface area contributed by atoms with Gasteiger partial charge in [-0.1, -0.05) is 41.0 Å². The number of thioether (sulfide) groups is 1. The van der Waals surface area contributed by atoms with Crippen molar-refractivity contribution < 1.29 is 4.79 Å². The Labute approximate surface area is 137 Å². The van der Waals surface area contributed by atoms with Crippen molar-refractivity contribution in [2.24, 2.45) is 7.05 Å². The van der Waals surface area contributed by atoms with Gasteiger partial charge in [0.25, 0.3) is 0 Å². The summed E-state index contributed by atoms with van der Waals surface area (Å²) in [5, 5.41) is 4.85. The van der Waals surface area contributed by atoms with Gasteiger partial charge in [0.1, 0.15) is 0 Å². The minimum Gasteiger partial charge on any atom is -0.349 e. The molecule has 0 saturated heterocycles. The van der Waals surface area contributed by atoms with Crippen LogP contribution in [0.5, 0.6) is 0 Å². The van der Waals surface area contributed by atoms with Crippen molar-refractivity contribution in [3.8, 4) is 0 Å². The zero-order valence-electron chi connectivity index (χ0n) is 11.6. The number of carbonyl (C=O) groups is 1. The van der Waals surface area contributed by atoms with Gasteiger partial charge in [-0.3, -0.25) is 4.79 Å². The third kappa shape index (κ3) is 4.40. The first-order chi connectivity index (χ1) is 9.97. The van der Waals surface area contributed by atoms with Crippen LogP contribution in [0.15, 0.2) is 35.7 Å². The summed E-state index contributed by atoms with van der Waals surface area (Å²) in [5.41, 5.74) is 0.844. The molecule has 21 heavy (non-hydrogen) atoms. The lowest BCUT2D eigenvalue weighted by atomic mass is 10.1. The molecule has 0 aliphatic carbocycles. The molecule has 1 aromatic heterocycles. The summed E-state index contributed by atoms with van der Waals surface area (Å²) in [7, 11) is 1.89. The van der Waals surface area contributed by atoms with Crippen molar-refractivity contribution in [1.29, 1.82) is 0 Å². The first kappa shape index (κ1) is 16.2. The average Bonchev–Trinajstić information content (AvgIpc) is 2.81. The second-order valence-electron chi connectivity index (χ2n) is 4.56. The van der Waals surface area contributed by atoms with Crippen LogP contribution in [0.1, 0.15) is 18.5 Å². The summed E-state index contributed by atoms with van der Waals surface area (Å²) in [5.74, 6) is 0.238. The molecule has 0 fully saturated rings. The summed E-state index contributed by atoms with van der Waals surface area (Å²) < 4.78 is 1.87. The predicted molar refractivity (Wildman–Crippen MR) is 87.0 cm³/mol. The Kier molecular flexibility index (Phi) is 5.56. The van der Waals surface area contributed by atoms with Crippen molar-refractivity contribution in [3.63, 3.8) is 0 Å². The van der Waals surface area contributed by atoms with E-state index in [1.807, 2.05) is 30.8 Å². The van der Waals surface area contributed by atoms with Gasteiger partial charge in [0, 0.05) is 29.5 Å². The van der Waals surface area contributed by atoms with Crippen molar-refractivity contribution in [1.82, 2.24) is 14.9 Å². The molecule has 7 heteroatoms. The highest BCUT2D eigenvalue weighted by Crippen LogP contribution is 2.26. The number of carbonyl (C=O) groups excluding carboxylic acids is 1. The standard InChI is InChI=1S/C14H15Cl2N3OS/c1-9(11-4-3-10(15)7-12(11)16)18-13(20)8-21-14-17-5-6-19(14)2/h3-7,9H,8H2,1-2H3,(H,18,20)/t9-/m0/s1. The van der Waals surface area contributed by atoms with E-state index in [0.717, 1.165) is 10.7 Å². The number of aromatic nitrogens is 2. The van der Waals surface area contributed by atoms with Gasteiger partial charge in [-0.05, 0) is 24.6 Å². The maximum atomic E-state index is 12.0. The lowest BCUT2D eigenvalue weighted by Crippen LogP contribution is -2.28. The Balaban J connectivity index is 1.91. The number of halogens is 2. The van der Waals surface area contributed by atoms with Gasteiger partial charge in [0.15, 0.2) is 5.16 Å². The van der Waals surface area contributed by atoms with Gasteiger partial charge in [-0.25, -0.2) is 4.98 Å². The number of aryl methyl sites for hydroxylation is 1. The Bertz CT molecular complexity index is 645. The largest absolute Gasteiger partial charge is 0.349 e. The van der Waals surface area contributed by atoms with Gasteiger partial charge in [-0.15, -0.1) is 0 Å². The first-order valence-electron chi connectivity index (χ1n) is 6.32. The quantitative estimate of drug-likeness (QED) is 0.842. The molecular weight excluding hydrogens is 329 g/mol. The van der Waals surface area contributed by atoms with E-state index in [0.29, 0.717) is 15.8 Å². The number of hydrogen-bond donors (Lipinski definition) is 1. The molecule has 0 aliphatic heterocycles. The molecule has 112 valence electrons. The lowest BCUT2D eigenvalue weighted by Gasteiger charge is -2.15. The van der Waals surface area contributed by atoms with Gasteiger partial charge in [-0.2, -0.15) is 0 Å². The zero-order valence-corrected chi connectivity index (χ0v) is 14.0. The van der Waals surface area contributed by atoms with E-state index in [2.05, 4.69) is 10.3 Å². The monoisotopic (exact) mass is 343 g/mol. The molecule has 0 spiro atoms. The van der Waals surface area contributed by atoms with Gasteiger partial charge in [0.2, 0.25) is 5.91 Å². The number of hydrogen-bond acceptors (Lipinski definition) is 3. The van der Waals surface area contributed by atoms with Crippen LogP contribution in [0.25, 0.3) is 0 Å². The fourth-order valence-corrected chi connectivity index (χ4v) is 3.15. The second kappa shape index (κ2) is 7.20. The average molecular weight is 344 g/mol. The third-order valence-corrected chi connectivity index (χ3v) is 4.54. The summed E-state index contributed by atoms with van der Waals surface area (Å²) in [6.45, 7) is 1.89. The molecule has 0 unspecified atom stereocenters. The summed E-state index contributed by atoms with van der Waals surface area (Å²) in [6, 6.07) is 5.07. The third-order valence-electron chi connectivity index (χ3n) is 2.92. The smallest absolute Gasteiger partial charge is 0.230 e. The second-order valence-corrected chi connectivity index (χ2v) is 6.35. The topological polar surface area (TPSA) is 46.9 Å². The lowest BCUT2D eigenvalue weighted by molar-refractivity contribution is -0.119. The van der Waals surface area contributed by atoms with Crippen LogP contribution in [0.3, 0.4) is 0 Å². The maximum Gasteiger partial charge on any atom is 0.230 e. The van der Waals surface area contributed by atoms with E-state index >= 15 is 0 Å². The maximum absolute atomic E-state index is 12.0. The fraction of sp³-hybridized carbons (Fsp3) is 0.286. The normalized spacial score (nSPS) is 12.2. The molecule has 0 aliphatic rings. The first-order valence-corrected chi connectivity index (χ1v) is 8.06. The fourth-order valence-electron chi connectivity index (χ4n) is 1.83. The minimum absolute atomic E-state index is 0.0680. The van der Waals surface area contributed by atoms with Crippen LogP contribution in [-0.4, -0.2) is 21.2 Å². The van der Waals surface area contributed by atoms with Crippen LogP contribution in [-0.2, 0) is 11.8 Å². The number of nitrogens with one attached hydrogen (secondary N) is 1. The highest BCUT2D eigenvalue weighted by atomic mass is 35.5. The Morgan fingerprint density at radius 3 is 2.86 bits per heavy atom. The molecule has 1 amide bonds. The van der Waals surface area contributed by atoms with Crippen molar-refractivity contribution in [2.45, 2.75) is 18.1 Å². The Morgan fingerprint density at radius 1 is 1.48 bits per heavy atom.